The zero-order valence-corrected chi connectivity index (χ0v) is 11.2. The Morgan fingerprint density at radius 2 is 2.25 bits per heavy atom. The molecular formula is C12H17BrFNO. The van der Waals surface area contributed by atoms with E-state index >= 15 is 0 Å². The first kappa shape index (κ1) is 13.6. The first-order valence-electron chi connectivity index (χ1n) is 5.39. The van der Waals surface area contributed by atoms with Crippen LogP contribution >= 0.6 is 15.9 Å². The zero-order chi connectivity index (χ0) is 12.0. The minimum absolute atomic E-state index is 0.0101. The van der Waals surface area contributed by atoms with E-state index in [1.165, 1.54) is 0 Å². The molecule has 1 rings (SSSR count). The highest BCUT2D eigenvalue weighted by atomic mass is 79.9. The van der Waals surface area contributed by atoms with Crippen LogP contribution in [0.5, 0.6) is 0 Å². The molecule has 1 N–H and O–H groups in total. The summed E-state index contributed by atoms with van der Waals surface area (Å²) in [7, 11) is 1.83. The second-order valence-corrected chi connectivity index (χ2v) is 4.32. The number of nitrogens with one attached hydrogen (secondary N) is 1. The molecule has 4 heteroatoms. The molecule has 16 heavy (non-hydrogen) atoms. The zero-order valence-electron chi connectivity index (χ0n) is 9.59. The van der Waals surface area contributed by atoms with E-state index in [-0.39, 0.29) is 11.9 Å². The third-order valence-corrected chi connectivity index (χ3v) is 3.07. The van der Waals surface area contributed by atoms with Gasteiger partial charge in [0.2, 0.25) is 0 Å². The predicted octanol–water partition coefficient (Wildman–Crippen LogP) is 3.28. The molecule has 1 unspecified atom stereocenters. The van der Waals surface area contributed by atoms with Crippen LogP contribution in [0.25, 0.3) is 0 Å². The maximum atomic E-state index is 13.8. The van der Waals surface area contributed by atoms with Crippen LogP contribution in [0.2, 0.25) is 0 Å². The van der Waals surface area contributed by atoms with Crippen molar-refractivity contribution in [3.8, 4) is 0 Å². The summed E-state index contributed by atoms with van der Waals surface area (Å²) in [5.41, 5.74) is 0.677. The number of hydrogen-bond donors (Lipinski definition) is 1. The summed E-state index contributed by atoms with van der Waals surface area (Å²) < 4.78 is 19.6. The highest BCUT2D eigenvalue weighted by Crippen LogP contribution is 2.25. The Labute approximate surface area is 104 Å². The van der Waals surface area contributed by atoms with Gasteiger partial charge in [-0.3, -0.25) is 0 Å². The average Bonchev–Trinajstić information content (AvgIpc) is 2.29. The molecule has 0 saturated heterocycles. The fourth-order valence-corrected chi connectivity index (χ4v) is 1.97. The number of halogens is 2. The summed E-state index contributed by atoms with van der Waals surface area (Å²) in [4.78, 5) is 0. The summed E-state index contributed by atoms with van der Waals surface area (Å²) in [5, 5.41) is 3.10. The van der Waals surface area contributed by atoms with Crippen molar-refractivity contribution in [3.63, 3.8) is 0 Å². The van der Waals surface area contributed by atoms with E-state index in [1.54, 1.807) is 12.1 Å². The van der Waals surface area contributed by atoms with Gasteiger partial charge in [0.05, 0.1) is 4.47 Å². The molecule has 0 bridgehead atoms. The predicted molar refractivity (Wildman–Crippen MR) is 67.0 cm³/mol. The van der Waals surface area contributed by atoms with E-state index in [9.17, 15) is 4.39 Å². The quantitative estimate of drug-likeness (QED) is 0.812. The van der Waals surface area contributed by atoms with E-state index in [4.69, 9.17) is 4.74 Å². The van der Waals surface area contributed by atoms with Gasteiger partial charge >= 0.3 is 0 Å². The lowest BCUT2D eigenvalue weighted by Crippen LogP contribution is -2.19. The normalized spacial score (nSPS) is 12.8. The average molecular weight is 290 g/mol. The van der Waals surface area contributed by atoms with Crippen LogP contribution < -0.4 is 5.32 Å². The highest BCUT2D eigenvalue weighted by molar-refractivity contribution is 9.10. The Bertz CT molecular complexity index is 333. The number of rotatable bonds is 6. The van der Waals surface area contributed by atoms with Gasteiger partial charge in [0.1, 0.15) is 5.82 Å². The monoisotopic (exact) mass is 289 g/mol. The third kappa shape index (κ3) is 3.54. The van der Waals surface area contributed by atoms with E-state index in [1.807, 2.05) is 20.0 Å². The Hall–Kier alpha value is -0.450. The Morgan fingerprint density at radius 3 is 2.88 bits per heavy atom. The molecule has 0 aliphatic heterocycles. The SMILES string of the molecule is CCOCCC(NC)c1cccc(Br)c1F. The molecule has 0 fully saturated rings. The second kappa shape index (κ2) is 6.99. The lowest BCUT2D eigenvalue weighted by molar-refractivity contribution is 0.137. The minimum Gasteiger partial charge on any atom is -0.382 e. The van der Waals surface area contributed by atoms with Gasteiger partial charge in [-0.2, -0.15) is 0 Å². The van der Waals surface area contributed by atoms with Crippen LogP contribution in [0, 0.1) is 5.82 Å². The molecule has 1 aromatic rings. The molecule has 0 aromatic heterocycles. The molecule has 0 aliphatic rings. The van der Waals surface area contributed by atoms with Gasteiger partial charge < -0.3 is 10.1 Å². The van der Waals surface area contributed by atoms with Gasteiger partial charge in [0.25, 0.3) is 0 Å². The fraction of sp³-hybridized carbons (Fsp3) is 0.500. The first-order chi connectivity index (χ1) is 7.70. The molecule has 0 amide bonds. The van der Waals surface area contributed by atoms with Crippen molar-refractivity contribution in [1.82, 2.24) is 5.32 Å². The molecule has 2 nitrogen and oxygen atoms in total. The molecule has 1 aromatic carbocycles. The van der Waals surface area contributed by atoms with Crippen LogP contribution in [0.3, 0.4) is 0 Å². The van der Waals surface area contributed by atoms with Crippen LogP contribution in [0.4, 0.5) is 4.39 Å². The first-order valence-corrected chi connectivity index (χ1v) is 6.19. The van der Waals surface area contributed by atoms with Crippen molar-refractivity contribution < 1.29 is 9.13 Å². The Balaban J connectivity index is 2.74. The van der Waals surface area contributed by atoms with Gasteiger partial charge in [-0.15, -0.1) is 0 Å². The maximum absolute atomic E-state index is 13.8. The topological polar surface area (TPSA) is 21.3 Å². The summed E-state index contributed by atoms with van der Waals surface area (Å²) in [6.07, 6.45) is 0.762. The molecule has 0 saturated carbocycles. The molecule has 1 atom stereocenters. The van der Waals surface area contributed by atoms with Crippen LogP contribution in [0.1, 0.15) is 24.9 Å². The Morgan fingerprint density at radius 1 is 1.50 bits per heavy atom. The van der Waals surface area contributed by atoms with Crippen LogP contribution in [-0.4, -0.2) is 20.3 Å². The lowest BCUT2D eigenvalue weighted by Gasteiger charge is -2.17. The largest absolute Gasteiger partial charge is 0.382 e. The van der Waals surface area contributed by atoms with Crippen molar-refractivity contribution in [2.75, 3.05) is 20.3 Å². The van der Waals surface area contributed by atoms with Crippen molar-refractivity contribution in [2.45, 2.75) is 19.4 Å². The molecule has 0 radical (unpaired) electrons. The summed E-state index contributed by atoms with van der Waals surface area (Å²) in [5.74, 6) is -0.196. The fourth-order valence-electron chi connectivity index (χ4n) is 1.59. The third-order valence-electron chi connectivity index (χ3n) is 2.46. The molecule has 0 spiro atoms. The van der Waals surface area contributed by atoms with Crippen molar-refractivity contribution in [3.05, 3.63) is 34.1 Å². The van der Waals surface area contributed by atoms with Gasteiger partial charge in [0, 0.05) is 24.8 Å². The van der Waals surface area contributed by atoms with Gasteiger partial charge in [-0.25, -0.2) is 4.39 Å². The molecule has 0 heterocycles. The number of benzene rings is 1. The highest BCUT2D eigenvalue weighted by Gasteiger charge is 2.15. The van der Waals surface area contributed by atoms with Gasteiger partial charge in [0.15, 0.2) is 0 Å². The van der Waals surface area contributed by atoms with Crippen molar-refractivity contribution in [1.29, 1.82) is 0 Å². The lowest BCUT2D eigenvalue weighted by atomic mass is 10.0. The van der Waals surface area contributed by atoms with E-state index < -0.39 is 0 Å². The molecule has 90 valence electrons. The number of ether oxygens (including phenoxy) is 1. The van der Waals surface area contributed by atoms with E-state index in [0.29, 0.717) is 23.2 Å². The van der Waals surface area contributed by atoms with Crippen LogP contribution in [-0.2, 0) is 4.74 Å². The minimum atomic E-state index is -0.196. The van der Waals surface area contributed by atoms with Crippen LogP contribution in [0.15, 0.2) is 22.7 Å². The number of hydrogen-bond acceptors (Lipinski definition) is 2. The van der Waals surface area contributed by atoms with E-state index in [2.05, 4.69) is 21.2 Å². The standard InChI is InChI=1S/C12H17BrFNO/c1-3-16-8-7-11(15-2)9-5-4-6-10(13)12(9)14/h4-6,11,15H,3,7-8H2,1-2H3. The summed E-state index contributed by atoms with van der Waals surface area (Å²) >= 11 is 3.19. The Kier molecular flexibility index (Phi) is 5.95. The van der Waals surface area contributed by atoms with Gasteiger partial charge in [-0.1, -0.05) is 12.1 Å². The molecule has 0 aliphatic carbocycles. The van der Waals surface area contributed by atoms with Crippen molar-refractivity contribution >= 4 is 15.9 Å². The smallest absolute Gasteiger partial charge is 0.142 e. The molecular weight excluding hydrogens is 273 g/mol. The summed E-state index contributed by atoms with van der Waals surface area (Å²) in [6, 6.07) is 5.33. The van der Waals surface area contributed by atoms with Crippen molar-refractivity contribution in [2.24, 2.45) is 0 Å². The van der Waals surface area contributed by atoms with E-state index in [0.717, 1.165) is 6.42 Å². The maximum Gasteiger partial charge on any atom is 0.142 e. The van der Waals surface area contributed by atoms with Gasteiger partial charge in [-0.05, 0) is 42.4 Å². The summed E-state index contributed by atoms with van der Waals surface area (Å²) in [6.45, 7) is 3.28. The second-order valence-electron chi connectivity index (χ2n) is 3.47.